The largest absolute Gasteiger partial charge is 0.380 e. The Bertz CT molecular complexity index is 228. The van der Waals surface area contributed by atoms with E-state index in [-0.39, 0.29) is 6.03 Å². The van der Waals surface area contributed by atoms with Gasteiger partial charge in [-0.15, -0.1) is 0 Å². The zero-order chi connectivity index (χ0) is 13.2. The number of carbonyl (C=O) groups excluding carboxylic acids is 1. The molecule has 0 saturated carbocycles. The first-order chi connectivity index (χ1) is 8.72. The highest BCUT2D eigenvalue weighted by molar-refractivity contribution is 5.73. The fourth-order valence-corrected chi connectivity index (χ4v) is 2.06. The van der Waals surface area contributed by atoms with Gasteiger partial charge in [0.1, 0.15) is 0 Å². The van der Waals surface area contributed by atoms with Crippen LogP contribution in [0, 0.1) is 5.92 Å². The summed E-state index contributed by atoms with van der Waals surface area (Å²) in [5, 5.41) is 5.64. The van der Waals surface area contributed by atoms with E-state index in [0.29, 0.717) is 19.8 Å². The van der Waals surface area contributed by atoms with Crippen LogP contribution in [0.15, 0.2) is 0 Å². The number of likely N-dealkylation sites (tertiary alicyclic amines) is 1. The van der Waals surface area contributed by atoms with Crippen molar-refractivity contribution in [3.05, 3.63) is 0 Å². The van der Waals surface area contributed by atoms with Crippen LogP contribution in [0.1, 0.15) is 26.7 Å². The summed E-state index contributed by atoms with van der Waals surface area (Å²) in [6.07, 6.45) is 2.56. The minimum Gasteiger partial charge on any atom is -0.380 e. The molecule has 0 unspecified atom stereocenters. The number of amides is 2. The van der Waals surface area contributed by atoms with Gasteiger partial charge in [0.05, 0.1) is 6.61 Å². The average molecular weight is 257 g/mol. The number of piperidine rings is 1. The lowest BCUT2D eigenvalue weighted by Crippen LogP contribution is -2.43. The summed E-state index contributed by atoms with van der Waals surface area (Å²) in [4.78, 5) is 13.8. The Labute approximate surface area is 110 Å². The molecule has 106 valence electrons. The standard InChI is InChI=1S/C13H27N3O2/c1-3-18-11-7-15-13(17)14-6-10-16-8-4-12(2)5-9-16/h12H,3-11H2,1-2H3,(H2,14,15,17). The van der Waals surface area contributed by atoms with E-state index in [1.165, 1.54) is 12.8 Å². The number of carbonyl (C=O) groups is 1. The van der Waals surface area contributed by atoms with Gasteiger partial charge in [0.15, 0.2) is 0 Å². The van der Waals surface area contributed by atoms with Gasteiger partial charge >= 0.3 is 6.03 Å². The maximum atomic E-state index is 11.4. The molecule has 2 amide bonds. The zero-order valence-corrected chi connectivity index (χ0v) is 11.7. The third-order valence-electron chi connectivity index (χ3n) is 3.33. The van der Waals surface area contributed by atoms with Gasteiger partial charge in [-0.3, -0.25) is 0 Å². The molecule has 5 nitrogen and oxygen atoms in total. The molecule has 1 aliphatic heterocycles. The van der Waals surface area contributed by atoms with E-state index >= 15 is 0 Å². The summed E-state index contributed by atoms with van der Waals surface area (Å²) in [5.74, 6) is 0.857. The van der Waals surface area contributed by atoms with E-state index in [9.17, 15) is 4.79 Å². The second-order valence-electron chi connectivity index (χ2n) is 4.90. The monoisotopic (exact) mass is 257 g/mol. The maximum absolute atomic E-state index is 11.4. The number of rotatable bonds is 7. The minimum absolute atomic E-state index is 0.0971. The smallest absolute Gasteiger partial charge is 0.314 e. The fourth-order valence-electron chi connectivity index (χ4n) is 2.06. The zero-order valence-electron chi connectivity index (χ0n) is 11.7. The molecule has 1 heterocycles. The van der Waals surface area contributed by atoms with E-state index in [2.05, 4.69) is 22.5 Å². The van der Waals surface area contributed by atoms with E-state index in [4.69, 9.17) is 4.74 Å². The van der Waals surface area contributed by atoms with Crippen LogP contribution in [-0.2, 0) is 4.74 Å². The van der Waals surface area contributed by atoms with Crippen LogP contribution in [0.3, 0.4) is 0 Å². The van der Waals surface area contributed by atoms with Crippen LogP contribution in [0.5, 0.6) is 0 Å². The summed E-state index contributed by atoms with van der Waals surface area (Å²) in [5.41, 5.74) is 0. The van der Waals surface area contributed by atoms with Gasteiger partial charge in [0.25, 0.3) is 0 Å². The van der Waals surface area contributed by atoms with Crippen molar-refractivity contribution in [2.45, 2.75) is 26.7 Å². The van der Waals surface area contributed by atoms with Crippen molar-refractivity contribution >= 4 is 6.03 Å². The molecule has 18 heavy (non-hydrogen) atoms. The second-order valence-corrected chi connectivity index (χ2v) is 4.90. The highest BCUT2D eigenvalue weighted by Crippen LogP contribution is 2.14. The van der Waals surface area contributed by atoms with Crippen LogP contribution < -0.4 is 10.6 Å². The Morgan fingerprint density at radius 1 is 1.28 bits per heavy atom. The molecule has 0 radical (unpaired) electrons. The molecular formula is C13H27N3O2. The molecule has 1 aliphatic rings. The SMILES string of the molecule is CCOCCNC(=O)NCCN1CCC(C)CC1. The Morgan fingerprint density at radius 2 is 1.94 bits per heavy atom. The van der Waals surface area contributed by atoms with Gasteiger partial charge in [-0.25, -0.2) is 4.79 Å². The summed E-state index contributed by atoms with van der Waals surface area (Å²) in [6.45, 7) is 10.1. The Balaban J connectivity index is 1.95. The quantitative estimate of drug-likeness (QED) is 0.670. The van der Waals surface area contributed by atoms with Gasteiger partial charge in [-0.2, -0.15) is 0 Å². The highest BCUT2D eigenvalue weighted by Gasteiger charge is 2.14. The first kappa shape index (κ1) is 15.2. The normalized spacial score (nSPS) is 17.7. The van der Waals surface area contributed by atoms with E-state index in [1.807, 2.05) is 6.92 Å². The molecule has 0 aromatic heterocycles. The minimum atomic E-state index is -0.0971. The summed E-state index contributed by atoms with van der Waals surface area (Å²) in [6, 6.07) is -0.0971. The first-order valence-corrected chi connectivity index (χ1v) is 7.04. The first-order valence-electron chi connectivity index (χ1n) is 7.04. The lowest BCUT2D eigenvalue weighted by molar-refractivity contribution is 0.149. The van der Waals surface area contributed by atoms with Gasteiger partial charge < -0.3 is 20.3 Å². The lowest BCUT2D eigenvalue weighted by Gasteiger charge is -2.30. The third kappa shape index (κ3) is 6.81. The molecule has 1 fully saturated rings. The molecule has 0 spiro atoms. The predicted molar refractivity (Wildman–Crippen MR) is 72.7 cm³/mol. The molecular weight excluding hydrogens is 230 g/mol. The van der Waals surface area contributed by atoms with Crippen molar-refractivity contribution in [2.75, 3.05) is 45.9 Å². The third-order valence-corrected chi connectivity index (χ3v) is 3.33. The molecule has 1 rings (SSSR count). The van der Waals surface area contributed by atoms with Crippen LogP contribution in [0.2, 0.25) is 0 Å². The van der Waals surface area contributed by atoms with E-state index < -0.39 is 0 Å². The molecule has 0 atom stereocenters. The molecule has 0 bridgehead atoms. The van der Waals surface area contributed by atoms with Crippen molar-refractivity contribution in [2.24, 2.45) is 5.92 Å². The average Bonchev–Trinajstić information content (AvgIpc) is 2.37. The van der Waals surface area contributed by atoms with Crippen LogP contribution >= 0.6 is 0 Å². The molecule has 1 saturated heterocycles. The van der Waals surface area contributed by atoms with Crippen LogP contribution in [0.25, 0.3) is 0 Å². The number of ether oxygens (including phenoxy) is 1. The van der Waals surface area contributed by atoms with E-state index in [1.54, 1.807) is 0 Å². The highest BCUT2D eigenvalue weighted by atomic mass is 16.5. The molecule has 5 heteroatoms. The predicted octanol–water partition coefficient (Wildman–Crippen LogP) is 1.05. The molecule has 0 aliphatic carbocycles. The molecule has 0 aromatic carbocycles. The molecule has 0 aromatic rings. The number of nitrogens with zero attached hydrogens (tertiary/aromatic N) is 1. The van der Waals surface area contributed by atoms with Crippen molar-refractivity contribution in [3.63, 3.8) is 0 Å². The van der Waals surface area contributed by atoms with Crippen molar-refractivity contribution in [3.8, 4) is 0 Å². The Morgan fingerprint density at radius 3 is 2.61 bits per heavy atom. The topological polar surface area (TPSA) is 53.6 Å². The van der Waals surface area contributed by atoms with Gasteiger partial charge in [0, 0.05) is 26.2 Å². The fraction of sp³-hybridized carbons (Fsp3) is 0.923. The number of nitrogens with one attached hydrogen (secondary N) is 2. The van der Waals surface area contributed by atoms with E-state index in [0.717, 1.165) is 32.1 Å². The van der Waals surface area contributed by atoms with Crippen molar-refractivity contribution in [1.82, 2.24) is 15.5 Å². The van der Waals surface area contributed by atoms with Crippen LogP contribution in [-0.4, -0.2) is 56.9 Å². The summed E-state index contributed by atoms with van der Waals surface area (Å²) in [7, 11) is 0. The maximum Gasteiger partial charge on any atom is 0.314 e. The van der Waals surface area contributed by atoms with Gasteiger partial charge in [-0.1, -0.05) is 6.92 Å². The summed E-state index contributed by atoms with van der Waals surface area (Å²) >= 11 is 0. The number of hydrogen-bond donors (Lipinski definition) is 2. The Kier molecular flexibility index (Phi) is 7.76. The Hall–Kier alpha value is -0.810. The van der Waals surface area contributed by atoms with Crippen molar-refractivity contribution < 1.29 is 9.53 Å². The number of hydrogen-bond acceptors (Lipinski definition) is 3. The van der Waals surface area contributed by atoms with Crippen molar-refractivity contribution in [1.29, 1.82) is 0 Å². The van der Waals surface area contributed by atoms with Gasteiger partial charge in [-0.05, 0) is 38.8 Å². The summed E-state index contributed by atoms with van der Waals surface area (Å²) < 4.78 is 5.14. The van der Waals surface area contributed by atoms with Gasteiger partial charge in [0.2, 0.25) is 0 Å². The number of urea groups is 1. The lowest BCUT2D eigenvalue weighted by atomic mass is 9.99. The van der Waals surface area contributed by atoms with Crippen LogP contribution in [0.4, 0.5) is 4.79 Å². The molecule has 2 N–H and O–H groups in total. The second kappa shape index (κ2) is 9.16.